The fourth-order valence-electron chi connectivity index (χ4n) is 1.39. The average molecular weight is 259 g/mol. The van der Waals surface area contributed by atoms with Gasteiger partial charge in [0, 0.05) is 13.1 Å². The number of amides is 1. The number of para-hydroxylation sites is 1. The Hall–Kier alpha value is -2.36. The maximum atomic E-state index is 11.9. The SMILES string of the molecule is C=CCC(C=CNC(C)=O)C(=O)Oc1ccccc1. The van der Waals surface area contributed by atoms with Crippen LogP contribution in [0.25, 0.3) is 0 Å². The number of carbonyl (C=O) groups is 2. The molecular weight excluding hydrogens is 242 g/mol. The molecule has 0 fully saturated rings. The molecule has 1 atom stereocenters. The molecule has 0 aromatic heterocycles. The predicted molar refractivity (Wildman–Crippen MR) is 73.3 cm³/mol. The molecule has 19 heavy (non-hydrogen) atoms. The second-order valence-corrected chi connectivity index (χ2v) is 3.92. The molecular formula is C15H17NO3. The van der Waals surface area contributed by atoms with Gasteiger partial charge in [-0.05, 0) is 18.6 Å². The molecule has 100 valence electrons. The van der Waals surface area contributed by atoms with E-state index < -0.39 is 5.92 Å². The number of allylic oxidation sites excluding steroid dienone is 1. The molecule has 0 aliphatic heterocycles. The number of nitrogens with one attached hydrogen (secondary N) is 1. The Balaban J connectivity index is 2.64. The minimum atomic E-state index is -0.468. The molecule has 0 saturated carbocycles. The molecule has 0 bridgehead atoms. The average Bonchev–Trinajstić information content (AvgIpc) is 2.38. The highest BCUT2D eigenvalue weighted by atomic mass is 16.5. The van der Waals surface area contributed by atoms with Crippen molar-refractivity contribution in [1.29, 1.82) is 0 Å². The standard InChI is InChI=1S/C15H17NO3/c1-3-7-13(10-11-16-12(2)17)15(18)19-14-8-5-4-6-9-14/h3-6,8-11,13H,1,7H2,2H3,(H,16,17). The van der Waals surface area contributed by atoms with E-state index in [0.717, 1.165) is 0 Å². The Morgan fingerprint density at radius 3 is 2.63 bits per heavy atom. The van der Waals surface area contributed by atoms with Crippen molar-refractivity contribution in [3.05, 3.63) is 55.3 Å². The summed E-state index contributed by atoms with van der Waals surface area (Å²) in [4.78, 5) is 22.7. The molecule has 1 N–H and O–H groups in total. The first kappa shape index (κ1) is 14.7. The maximum absolute atomic E-state index is 11.9. The van der Waals surface area contributed by atoms with Crippen molar-refractivity contribution in [3.63, 3.8) is 0 Å². The zero-order chi connectivity index (χ0) is 14.1. The smallest absolute Gasteiger partial charge is 0.318 e. The van der Waals surface area contributed by atoms with Gasteiger partial charge in [0.25, 0.3) is 0 Å². The number of benzene rings is 1. The van der Waals surface area contributed by atoms with E-state index in [-0.39, 0.29) is 11.9 Å². The number of hydrogen-bond acceptors (Lipinski definition) is 3. The van der Waals surface area contributed by atoms with E-state index in [4.69, 9.17) is 4.74 Å². The van der Waals surface area contributed by atoms with Gasteiger partial charge >= 0.3 is 5.97 Å². The fourth-order valence-corrected chi connectivity index (χ4v) is 1.39. The van der Waals surface area contributed by atoms with Gasteiger partial charge < -0.3 is 10.1 Å². The molecule has 1 unspecified atom stereocenters. The van der Waals surface area contributed by atoms with Crippen molar-refractivity contribution in [2.24, 2.45) is 5.92 Å². The van der Waals surface area contributed by atoms with Crippen LogP contribution in [0, 0.1) is 5.92 Å². The lowest BCUT2D eigenvalue weighted by molar-refractivity contribution is -0.137. The van der Waals surface area contributed by atoms with Crippen LogP contribution in [-0.2, 0) is 9.59 Å². The third kappa shape index (κ3) is 5.68. The maximum Gasteiger partial charge on any atom is 0.318 e. The van der Waals surface area contributed by atoms with Gasteiger partial charge in [-0.1, -0.05) is 30.4 Å². The summed E-state index contributed by atoms with van der Waals surface area (Å²) in [5.74, 6) is -0.545. The molecule has 1 aromatic carbocycles. The van der Waals surface area contributed by atoms with Crippen LogP contribution in [-0.4, -0.2) is 11.9 Å². The summed E-state index contributed by atoms with van der Waals surface area (Å²) >= 11 is 0. The Morgan fingerprint density at radius 2 is 2.05 bits per heavy atom. The lowest BCUT2D eigenvalue weighted by Gasteiger charge is -2.10. The normalized spacial score (nSPS) is 11.8. The Bertz CT molecular complexity index is 466. The number of carbonyl (C=O) groups excluding carboxylic acids is 2. The van der Waals surface area contributed by atoms with Crippen molar-refractivity contribution in [3.8, 4) is 5.75 Å². The second kappa shape index (κ2) is 7.87. The molecule has 4 heteroatoms. The van der Waals surface area contributed by atoms with Crippen LogP contribution >= 0.6 is 0 Å². The first-order valence-electron chi connectivity index (χ1n) is 5.95. The van der Waals surface area contributed by atoms with Crippen LogP contribution in [0.1, 0.15) is 13.3 Å². The summed E-state index contributed by atoms with van der Waals surface area (Å²) in [6, 6.07) is 8.84. The number of esters is 1. The van der Waals surface area contributed by atoms with Crippen LogP contribution in [0.5, 0.6) is 5.75 Å². The van der Waals surface area contributed by atoms with E-state index in [9.17, 15) is 9.59 Å². The van der Waals surface area contributed by atoms with Crippen LogP contribution in [0.3, 0.4) is 0 Å². The minimum absolute atomic E-state index is 0.190. The number of rotatable bonds is 6. The van der Waals surface area contributed by atoms with E-state index >= 15 is 0 Å². The summed E-state index contributed by atoms with van der Waals surface area (Å²) in [6.45, 7) is 5.00. The lowest BCUT2D eigenvalue weighted by atomic mass is 10.1. The van der Waals surface area contributed by atoms with Gasteiger partial charge in [-0.15, -0.1) is 6.58 Å². The topological polar surface area (TPSA) is 55.4 Å². The summed E-state index contributed by atoms with van der Waals surface area (Å²) in [5.41, 5.74) is 0. The van der Waals surface area contributed by atoms with Crippen molar-refractivity contribution in [2.45, 2.75) is 13.3 Å². The first-order chi connectivity index (χ1) is 9.13. The number of hydrogen-bond donors (Lipinski definition) is 1. The number of ether oxygens (including phenoxy) is 1. The molecule has 4 nitrogen and oxygen atoms in total. The third-order valence-electron chi connectivity index (χ3n) is 2.30. The van der Waals surface area contributed by atoms with Crippen LogP contribution in [0.2, 0.25) is 0 Å². The predicted octanol–water partition coefficient (Wildman–Crippen LogP) is 2.43. The Kier molecular flexibility index (Phi) is 6.09. The van der Waals surface area contributed by atoms with Gasteiger partial charge in [-0.3, -0.25) is 9.59 Å². The van der Waals surface area contributed by atoms with Gasteiger partial charge in [0.2, 0.25) is 5.91 Å². The zero-order valence-corrected chi connectivity index (χ0v) is 10.8. The first-order valence-corrected chi connectivity index (χ1v) is 5.95. The monoisotopic (exact) mass is 259 g/mol. The van der Waals surface area contributed by atoms with Crippen LogP contribution < -0.4 is 10.1 Å². The third-order valence-corrected chi connectivity index (χ3v) is 2.30. The van der Waals surface area contributed by atoms with Crippen molar-refractivity contribution < 1.29 is 14.3 Å². The largest absolute Gasteiger partial charge is 0.426 e. The van der Waals surface area contributed by atoms with E-state index in [0.29, 0.717) is 12.2 Å². The van der Waals surface area contributed by atoms with Crippen molar-refractivity contribution in [1.82, 2.24) is 5.32 Å². The molecule has 1 rings (SSSR count). The Labute approximate surface area is 112 Å². The highest BCUT2D eigenvalue weighted by Gasteiger charge is 2.16. The molecule has 1 amide bonds. The summed E-state index contributed by atoms with van der Waals surface area (Å²) in [5, 5.41) is 2.49. The highest BCUT2D eigenvalue weighted by Crippen LogP contribution is 2.14. The van der Waals surface area contributed by atoms with Crippen molar-refractivity contribution in [2.75, 3.05) is 0 Å². The lowest BCUT2D eigenvalue weighted by Crippen LogP contribution is -2.20. The van der Waals surface area contributed by atoms with Gasteiger partial charge in [-0.25, -0.2) is 0 Å². The van der Waals surface area contributed by atoms with Crippen LogP contribution in [0.15, 0.2) is 55.3 Å². The van der Waals surface area contributed by atoms with E-state index in [1.165, 1.54) is 13.1 Å². The van der Waals surface area contributed by atoms with Crippen LogP contribution in [0.4, 0.5) is 0 Å². The highest BCUT2D eigenvalue weighted by molar-refractivity contribution is 5.77. The minimum Gasteiger partial charge on any atom is -0.426 e. The van der Waals surface area contributed by atoms with Gasteiger partial charge in [0.1, 0.15) is 5.75 Å². The van der Waals surface area contributed by atoms with E-state index in [2.05, 4.69) is 11.9 Å². The molecule has 0 heterocycles. The fraction of sp³-hybridized carbons (Fsp3) is 0.200. The molecule has 0 aliphatic rings. The summed E-state index contributed by atoms with van der Waals surface area (Å²) < 4.78 is 5.24. The van der Waals surface area contributed by atoms with E-state index in [1.807, 2.05) is 6.07 Å². The zero-order valence-electron chi connectivity index (χ0n) is 10.8. The van der Waals surface area contributed by atoms with E-state index in [1.54, 1.807) is 36.4 Å². The van der Waals surface area contributed by atoms with Crippen molar-refractivity contribution >= 4 is 11.9 Å². The molecule has 0 aliphatic carbocycles. The molecule has 0 spiro atoms. The molecule has 0 saturated heterocycles. The molecule has 0 radical (unpaired) electrons. The second-order valence-electron chi connectivity index (χ2n) is 3.92. The Morgan fingerprint density at radius 1 is 1.37 bits per heavy atom. The van der Waals surface area contributed by atoms with Gasteiger partial charge in [0.15, 0.2) is 0 Å². The quantitative estimate of drug-likeness (QED) is 0.485. The molecule has 1 aromatic rings. The van der Waals surface area contributed by atoms with Gasteiger partial charge in [0.05, 0.1) is 5.92 Å². The summed E-state index contributed by atoms with van der Waals surface area (Å²) in [7, 11) is 0. The van der Waals surface area contributed by atoms with Gasteiger partial charge in [-0.2, -0.15) is 0 Å². The summed E-state index contributed by atoms with van der Waals surface area (Å²) in [6.07, 6.45) is 5.12.